The van der Waals surface area contributed by atoms with Gasteiger partial charge in [0.2, 0.25) is 11.0 Å². The Morgan fingerprint density at radius 2 is 1.88 bits per heavy atom. The molecule has 1 aliphatic heterocycles. The number of nitrogens with one attached hydrogen (secondary N) is 1. The maximum absolute atomic E-state index is 13.7. The van der Waals surface area contributed by atoms with Gasteiger partial charge in [-0.25, -0.2) is 0 Å². The number of allylic oxidation sites excluding steroid dienone is 3. The van der Waals surface area contributed by atoms with E-state index in [1.165, 1.54) is 23.1 Å². The number of hydrogen-bond donors (Lipinski definition) is 2. The van der Waals surface area contributed by atoms with E-state index in [-0.39, 0.29) is 34.3 Å². The number of anilines is 2. The largest absolute Gasteiger partial charge is 0.384 e. The molecule has 2 heterocycles. The van der Waals surface area contributed by atoms with Gasteiger partial charge in [0, 0.05) is 38.4 Å². The Morgan fingerprint density at radius 1 is 1.17 bits per heavy atom. The molecule has 3 N–H and O–H groups in total. The minimum Gasteiger partial charge on any atom is -0.384 e. The third-order valence-corrected chi connectivity index (χ3v) is 9.55. The topological polar surface area (TPSA) is 125 Å². The normalized spacial score (nSPS) is 18.3. The Hall–Kier alpha value is -3.07. The van der Waals surface area contributed by atoms with E-state index in [1.807, 2.05) is 13.8 Å². The molecule has 1 amide bonds. The summed E-state index contributed by atoms with van der Waals surface area (Å²) in [5.41, 5.74) is 8.84. The van der Waals surface area contributed by atoms with Crippen molar-refractivity contribution < 1.29 is 9.59 Å². The molecule has 3 aromatic rings. The van der Waals surface area contributed by atoms with Crippen LogP contribution in [0.15, 0.2) is 69.5 Å². The van der Waals surface area contributed by atoms with Crippen molar-refractivity contribution >= 4 is 80.4 Å². The number of benzene rings is 2. The molecule has 41 heavy (non-hydrogen) atoms. The minimum atomic E-state index is -0.738. The summed E-state index contributed by atoms with van der Waals surface area (Å²) in [6.07, 6.45) is 0.820. The van der Waals surface area contributed by atoms with Gasteiger partial charge in [-0.3, -0.25) is 14.5 Å². The molecule has 1 unspecified atom stereocenters. The average Bonchev–Trinajstić information content (AvgIpc) is 3.36. The van der Waals surface area contributed by atoms with Gasteiger partial charge in [-0.05, 0) is 53.8 Å². The fraction of sp³-hybridized carbons (Fsp3) is 0.250. The number of carbonyl (C=O) groups excluding carboxylic acids is 2. The molecule has 2 aromatic carbocycles. The van der Waals surface area contributed by atoms with Gasteiger partial charge in [-0.2, -0.15) is 5.26 Å². The number of thioether (sulfide) groups is 1. The van der Waals surface area contributed by atoms with Gasteiger partial charge < -0.3 is 11.1 Å². The van der Waals surface area contributed by atoms with E-state index in [0.29, 0.717) is 59.9 Å². The van der Waals surface area contributed by atoms with Crippen molar-refractivity contribution in [1.29, 1.82) is 5.26 Å². The molecular weight excluding hydrogens is 623 g/mol. The molecule has 1 atom stereocenters. The average molecular weight is 646 g/mol. The molecule has 5 rings (SSSR count). The quantitative estimate of drug-likeness (QED) is 0.270. The van der Waals surface area contributed by atoms with Gasteiger partial charge in [-0.1, -0.05) is 77.8 Å². The van der Waals surface area contributed by atoms with Crippen molar-refractivity contribution in [1.82, 2.24) is 10.2 Å². The minimum absolute atomic E-state index is 0.0875. The summed E-state index contributed by atoms with van der Waals surface area (Å²) >= 11 is 21.1. The van der Waals surface area contributed by atoms with Crippen LogP contribution < -0.4 is 16.0 Å². The standard InChI is InChI=1S/C28H23Cl3N6O2S2/c1-28(2)10-20-24(21(38)11-28)23(17-8-5-15(30)9-19(17)31)18(12-32)25(33)37(20)26-35-36-27(41-26)40-13-22(39)34-16-6-3-14(29)4-7-16/h3-9,23H,10-11,13,33H2,1-2H3,(H,34,39). The van der Waals surface area contributed by atoms with Crippen LogP contribution in [0.2, 0.25) is 15.1 Å². The summed E-state index contributed by atoms with van der Waals surface area (Å²) in [5, 5.41) is 23.4. The molecule has 0 fully saturated rings. The summed E-state index contributed by atoms with van der Waals surface area (Å²) < 4.78 is 0.531. The Labute approximate surface area is 260 Å². The van der Waals surface area contributed by atoms with Crippen molar-refractivity contribution in [3.63, 3.8) is 0 Å². The fourth-order valence-corrected chi connectivity index (χ4v) is 7.31. The van der Waals surface area contributed by atoms with Crippen LogP contribution in [0.5, 0.6) is 0 Å². The third-order valence-electron chi connectivity index (χ3n) is 6.70. The van der Waals surface area contributed by atoms with Gasteiger partial charge in [-0.15, -0.1) is 10.2 Å². The van der Waals surface area contributed by atoms with Gasteiger partial charge in [0.15, 0.2) is 10.1 Å². The second-order valence-corrected chi connectivity index (χ2v) is 13.8. The summed E-state index contributed by atoms with van der Waals surface area (Å²) in [6, 6.07) is 14.0. The molecule has 1 aromatic heterocycles. The summed E-state index contributed by atoms with van der Waals surface area (Å²) in [4.78, 5) is 27.8. The predicted molar refractivity (Wildman–Crippen MR) is 164 cm³/mol. The maximum Gasteiger partial charge on any atom is 0.234 e. The first-order chi connectivity index (χ1) is 19.5. The van der Waals surface area contributed by atoms with Gasteiger partial charge in [0.1, 0.15) is 5.82 Å². The van der Waals surface area contributed by atoms with Crippen molar-refractivity contribution in [2.75, 3.05) is 16.0 Å². The molecule has 210 valence electrons. The fourth-order valence-electron chi connectivity index (χ4n) is 4.98. The lowest BCUT2D eigenvalue weighted by Gasteiger charge is -2.42. The Morgan fingerprint density at radius 3 is 2.56 bits per heavy atom. The van der Waals surface area contributed by atoms with Crippen LogP contribution in [0.3, 0.4) is 0 Å². The maximum atomic E-state index is 13.7. The number of halogens is 3. The highest BCUT2D eigenvalue weighted by Crippen LogP contribution is 2.51. The first-order valence-electron chi connectivity index (χ1n) is 12.4. The van der Waals surface area contributed by atoms with Crippen LogP contribution >= 0.6 is 57.9 Å². The lowest BCUT2D eigenvalue weighted by atomic mass is 9.68. The third kappa shape index (κ3) is 6.10. The van der Waals surface area contributed by atoms with Crippen molar-refractivity contribution in [2.24, 2.45) is 11.1 Å². The molecule has 0 bridgehead atoms. The van der Waals surface area contributed by atoms with Gasteiger partial charge in [0.05, 0.1) is 23.3 Å². The number of nitrogens with two attached hydrogens (primary N) is 1. The summed E-state index contributed by atoms with van der Waals surface area (Å²) in [7, 11) is 0. The Kier molecular flexibility index (Phi) is 8.37. The zero-order valence-electron chi connectivity index (χ0n) is 21.9. The second kappa shape index (κ2) is 11.7. The smallest absolute Gasteiger partial charge is 0.234 e. The monoisotopic (exact) mass is 644 g/mol. The number of aromatic nitrogens is 2. The summed E-state index contributed by atoms with van der Waals surface area (Å²) in [5.74, 6) is -0.789. The first-order valence-corrected chi connectivity index (χ1v) is 15.3. The molecule has 1 aliphatic carbocycles. The van der Waals surface area contributed by atoms with E-state index < -0.39 is 5.92 Å². The molecule has 0 radical (unpaired) electrons. The lowest BCUT2D eigenvalue weighted by molar-refractivity contribution is -0.118. The van der Waals surface area contributed by atoms with Crippen molar-refractivity contribution in [3.8, 4) is 6.07 Å². The number of Topliss-reactive ketones (excluding diaryl/α,β-unsaturated/α-hetero) is 1. The molecule has 8 nitrogen and oxygen atoms in total. The molecular formula is C28H23Cl3N6O2S2. The number of nitrogens with zero attached hydrogens (tertiary/aromatic N) is 4. The van der Waals surface area contributed by atoms with E-state index in [4.69, 9.17) is 40.5 Å². The predicted octanol–water partition coefficient (Wildman–Crippen LogP) is 7.17. The number of rotatable bonds is 6. The van der Waals surface area contributed by atoms with E-state index in [9.17, 15) is 14.9 Å². The Balaban J connectivity index is 1.48. The SMILES string of the molecule is CC1(C)CC(=O)C2=C(C1)N(c1nnc(SCC(=O)Nc3ccc(Cl)cc3)s1)C(N)=C(C#N)C2c1ccc(Cl)cc1Cl. The molecule has 0 saturated heterocycles. The molecule has 13 heteroatoms. The van der Waals surface area contributed by atoms with Gasteiger partial charge in [0.25, 0.3) is 0 Å². The first kappa shape index (κ1) is 29.4. The molecule has 0 saturated carbocycles. The van der Waals surface area contributed by atoms with E-state index in [0.717, 1.165) is 0 Å². The zero-order chi connectivity index (χ0) is 29.5. The van der Waals surface area contributed by atoms with E-state index in [2.05, 4.69) is 21.6 Å². The van der Waals surface area contributed by atoms with Crippen LogP contribution in [-0.4, -0.2) is 27.6 Å². The van der Waals surface area contributed by atoms with Crippen LogP contribution in [0.4, 0.5) is 10.8 Å². The van der Waals surface area contributed by atoms with E-state index in [1.54, 1.807) is 47.4 Å². The summed E-state index contributed by atoms with van der Waals surface area (Å²) in [6.45, 7) is 4.02. The molecule has 0 spiro atoms. The van der Waals surface area contributed by atoms with Crippen molar-refractivity contribution in [3.05, 3.63) is 85.8 Å². The highest BCUT2D eigenvalue weighted by atomic mass is 35.5. The van der Waals surface area contributed by atoms with E-state index >= 15 is 0 Å². The van der Waals surface area contributed by atoms with Crippen molar-refractivity contribution in [2.45, 2.75) is 36.9 Å². The number of ketones is 1. The highest BCUT2D eigenvalue weighted by molar-refractivity contribution is 8.01. The van der Waals surface area contributed by atoms with Crippen LogP contribution in [0, 0.1) is 16.7 Å². The number of carbonyl (C=O) groups is 2. The Bertz CT molecular complexity index is 1660. The highest BCUT2D eigenvalue weighted by Gasteiger charge is 2.46. The lowest BCUT2D eigenvalue weighted by Crippen LogP contribution is -2.42. The van der Waals surface area contributed by atoms with Crippen LogP contribution in [-0.2, 0) is 9.59 Å². The second-order valence-electron chi connectivity index (χ2n) is 10.3. The number of hydrogen-bond acceptors (Lipinski definition) is 9. The number of amides is 1. The van der Waals surface area contributed by atoms with Crippen LogP contribution in [0.25, 0.3) is 0 Å². The van der Waals surface area contributed by atoms with Gasteiger partial charge >= 0.3 is 0 Å². The number of nitriles is 1. The van der Waals surface area contributed by atoms with Crippen LogP contribution in [0.1, 0.15) is 38.2 Å². The molecule has 2 aliphatic rings. The zero-order valence-corrected chi connectivity index (χ0v) is 25.8.